The van der Waals surface area contributed by atoms with E-state index in [-0.39, 0.29) is 30.1 Å². The molecule has 402 valence electrons. The van der Waals surface area contributed by atoms with E-state index in [0.717, 1.165) is 132 Å². The van der Waals surface area contributed by atoms with Crippen molar-refractivity contribution in [1.82, 2.24) is 4.90 Å². The predicted molar refractivity (Wildman–Crippen MR) is 292 cm³/mol. The summed E-state index contributed by atoms with van der Waals surface area (Å²) in [6.45, 7) is 18.9. The molecule has 0 saturated heterocycles. The van der Waals surface area contributed by atoms with Crippen molar-refractivity contribution >= 4 is 11.9 Å². The van der Waals surface area contributed by atoms with E-state index in [1.807, 2.05) is 0 Å². The standard InChI is InChI=1S/C63H115NO5/c1-7-8-9-10-11-12-13-14-15-16-17-18-19-20-21-24-32-50-68-60(66)36-26-22-23-28-46-64(48-30-31-49-65)47-29-25-27-37-61(67)69-55-42-44-62(5)54(51-55)38-39-56-58-41-40-57(53(4)35-33-34-52(2)3)63(58,6)45-43-59(56)62/h38,52-53,55-59,65H,7-37,39-51H2,1-6H3. The number of carbonyl (C=O) groups excluding carboxylic acids is 2. The van der Waals surface area contributed by atoms with E-state index in [9.17, 15) is 14.7 Å². The highest BCUT2D eigenvalue weighted by atomic mass is 16.5. The van der Waals surface area contributed by atoms with Crippen molar-refractivity contribution in [2.24, 2.45) is 46.3 Å². The van der Waals surface area contributed by atoms with Crippen LogP contribution < -0.4 is 0 Å². The van der Waals surface area contributed by atoms with Gasteiger partial charge in [0.25, 0.3) is 0 Å². The van der Waals surface area contributed by atoms with Crippen LogP contribution in [-0.2, 0) is 19.1 Å². The zero-order valence-electron chi connectivity index (χ0n) is 46.8. The number of nitrogens with zero attached hydrogens (tertiary/aromatic N) is 1. The zero-order chi connectivity index (χ0) is 49.6. The van der Waals surface area contributed by atoms with E-state index in [0.29, 0.717) is 24.9 Å². The van der Waals surface area contributed by atoms with E-state index >= 15 is 0 Å². The molecule has 0 aromatic heterocycles. The van der Waals surface area contributed by atoms with Gasteiger partial charge in [0.2, 0.25) is 0 Å². The maximum Gasteiger partial charge on any atom is 0.306 e. The van der Waals surface area contributed by atoms with Gasteiger partial charge in [-0.15, -0.1) is 0 Å². The number of hydrogen-bond acceptors (Lipinski definition) is 6. The Morgan fingerprint density at radius 2 is 1.17 bits per heavy atom. The first-order valence-corrected chi connectivity index (χ1v) is 30.9. The number of rotatable bonds is 41. The van der Waals surface area contributed by atoms with Gasteiger partial charge in [0.05, 0.1) is 6.61 Å². The topological polar surface area (TPSA) is 76.1 Å². The first-order chi connectivity index (χ1) is 33.5. The predicted octanol–water partition coefficient (Wildman–Crippen LogP) is 17.7. The minimum absolute atomic E-state index is 0.00456. The molecular formula is C63H115NO5. The number of ether oxygens (including phenoxy) is 2. The fourth-order valence-electron chi connectivity index (χ4n) is 14.6. The van der Waals surface area contributed by atoms with Crippen molar-refractivity contribution in [3.63, 3.8) is 0 Å². The van der Waals surface area contributed by atoms with Crippen molar-refractivity contribution in [2.45, 2.75) is 298 Å². The van der Waals surface area contributed by atoms with Gasteiger partial charge in [-0.2, -0.15) is 0 Å². The van der Waals surface area contributed by atoms with Crippen LogP contribution in [0.5, 0.6) is 0 Å². The quantitative estimate of drug-likeness (QED) is 0.0374. The number of esters is 2. The number of fused-ring (bicyclic) bond motifs is 5. The van der Waals surface area contributed by atoms with Crippen molar-refractivity contribution in [3.8, 4) is 0 Å². The maximum absolute atomic E-state index is 13.1. The summed E-state index contributed by atoms with van der Waals surface area (Å²) < 4.78 is 11.8. The largest absolute Gasteiger partial charge is 0.466 e. The second-order valence-corrected chi connectivity index (χ2v) is 24.8. The van der Waals surface area contributed by atoms with Gasteiger partial charge in [-0.05, 0) is 156 Å². The van der Waals surface area contributed by atoms with Gasteiger partial charge in [-0.25, -0.2) is 0 Å². The van der Waals surface area contributed by atoms with Crippen LogP contribution in [0.1, 0.15) is 292 Å². The number of aliphatic hydroxyl groups excluding tert-OH is 1. The highest BCUT2D eigenvalue weighted by Crippen LogP contribution is 2.67. The first kappa shape index (κ1) is 60.2. The minimum Gasteiger partial charge on any atom is -0.466 e. The number of allylic oxidation sites excluding steroid dienone is 1. The summed E-state index contributed by atoms with van der Waals surface area (Å²) in [5.41, 5.74) is 2.42. The number of aliphatic hydroxyl groups is 1. The molecule has 0 bridgehead atoms. The van der Waals surface area contributed by atoms with E-state index in [1.54, 1.807) is 5.57 Å². The van der Waals surface area contributed by atoms with Gasteiger partial charge in [-0.1, -0.05) is 194 Å². The average molecular weight is 967 g/mol. The zero-order valence-corrected chi connectivity index (χ0v) is 46.8. The fraction of sp³-hybridized carbons (Fsp3) is 0.937. The molecule has 0 radical (unpaired) electrons. The number of hydrogen-bond donors (Lipinski definition) is 1. The minimum atomic E-state index is -0.0244. The van der Waals surface area contributed by atoms with Crippen LogP contribution in [-0.4, -0.2) is 60.9 Å². The molecule has 4 aliphatic carbocycles. The Balaban J connectivity index is 0.989. The number of carbonyl (C=O) groups is 2. The molecule has 0 aliphatic heterocycles. The lowest BCUT2D eigenvalue weighted by atomic mass is 9.47. The average Bonchev–Trinajstić information content (AvgIpc) is 3.69. The lowest BCUT2D eigenvalue weighted by molar-refractivity contribution is -0.151. The van der Waals surface area contributed by atoms with Crippen LogP contribution >= 0.6 is 0 Å². The first-order valence-electron chi connectivity index (χ1n) is 30.9. The molecule has 8 atom stereocenters. The summed E-state index contributed by atoms with van der Waals surface area (Å²) >= 11 is 0. The second kappa shape index (κ2) is 34.9. The van der Waals surface area contributed by atoms with Crippen LogP contribution in [0.15, 0.2) is 11.6 Å². The monoisotopic (exact) mass is 966 g/mol. The molecule has 0 aromatic carbocycles. The normalized spacial score (nSPS) is 25.9. The summed E-state index contributed by atoms with van der Waals surface area (Å²) in [5.74, 6) is 5.08. The molecule has 69 heavy (non-hydrogen) atoms. The van der Waals surface area contributed by atoms with E-state index < -0.39 is 0 Å². The third-order valence-electron chi connectivity index (χ3n) is 18.9. The Bertz CT molecular complexity index is 1380. The summed E-state index contributed by atoms with van der Waals surface area (Å²) in [7, 11) is 0. The Labute approximate surface area is 428 Å². The summed E-state index contributed by atoms with van der Waals surface area (Å²) in [6.07, 6.45) is 50.3. The van der Waals surface area contributed by atoms with Gasteiger partial charge in [-0.3, -0.25) is 9.59 Å². The molecule has 3 fully saturated rings. The summed E-state index contributed by atoms with van der Waals surface area (Å²) in [6, 6.07) is 0. The molecule has 4 rings (SSSR count). The van der Waals surface area contributed by atoms with Crippen molar-refractivity contribution in [3.05, 3.63) is 11.6 Å². The van der Waals surface area contributed by atoms with Crippen LogP contribution in [0.25, 0.3) is 0 Å². The lowest BCUT2D eigenvalue weighted by Crippen LogP contribution is -2.51. The SMILES string of the molecule is CCCCCCCCCCCCCCCCCCCOC(=O)CCCCCCN(CCCCO)CCCCCC(=O)OC1CCC2(C)C(=CCC3C2CCC2(C)C(C(C)CCCC(C)C)CCC32)C1. The molecule has 6 nitrogen and oxygen atoms in total. The van der Waals surface area contributed by atoms with Gasteiger partial charge >= 0.3 is 11.9 Å². The van der Waals surface area contributed by atoms with Crippen molar-refractivity contribution in [2.75, 3.05) is 32.8 Å². The Morgan fingerprint density at radius 1 is 0.623 bits per heavy atom. The highest BCUT2D eigenvalue weighted by Gasteiger charge is 2.59. The van der Waals surface area contributed by atoms with Crippen LogP contribution in [0.3, 0.4) is 0 Å². The number of unbranched alkanes of at least 4 members (excludes halogenated alkanes) is 22. The van der Waals surface area contributed by atoms with E-state index in [2.05, 4.69) is 52.5 Å². The smallest absolute Gasteiger partial charge is 0.306 e. The molecule has 0 aromatic rings. The molecule has 4 aliphatic rings. The molecule has 0 spiro atoms. The van der Waals surface area contributed by atoms with Gasteiger partial charge in [0.15, 0.2) is 0 Å². The van der Waals surface area contributed by atoms with Crippen LogP contribution in [0.4, 0.5) is 0 Å². The summed E-state index contributed by atoms with van der Waals surface area (Å²) in [4.78, 5) is 28.0. The third kappa shape index (κ3) is 21.9. The molecule has 3 saturated carbocycles. The molecule has 6 heteroatoms. The Kier molecular flexibility index (Phi) is 30.4. The fourth-order valence-corrected chi connectivity index (χ4v) is 14.6. The highest BCUT2D eigenvalue weighted by molar-refractivity contribution is 5.69. The molecular weight excluding hydrogens is 851 g/mol. The Morgan fingerprint density at radius 3 is 1.78 bits per heavy atom. The van der Waals surface area contributed by atoms with Crippen molar-refractivity contribution < 1.29 is 24.2 Å². The van der Waals surface area contributed by atoms with Crippen molar-refractivity contribution in [1.29, 1.82) is 0 Å². The third-order valence-corrected chi connectivity index (χ3v) is 18.9. The van der Waals surface area contributed by atoms with E-state index in [1.165, 1.54) is 161 Å². The van der Waals surface area contributed by atoms with Gasteiger partial charge in [0, 0.05) is 25.9 Å². The van der Waals surface area contributed by atoms with Gasteiger partial charge in [0.1, 0.15) is 6.10 Å². The molecule has 0 amide bonds. The Hall–Kier alpha value is -1.40. The van der Waals surface area contributed by atoms with Gasteiger partial charge < -0.3 is 19.5 Å². The van der Waals surface area contributed by atoms with Crippen LogP contribution in [0.2, 0.25) is 0 Å². The van der Waals surface area contributed by atoms with Crippen LogP contribution in [0, 0.1) is 46.3 Å². The summed E-state index contributed by atoms with van der Waals surface area (Å²) in [5, 5.41) is 9.40. The maximum atomic E-state index is 13.1. The van der Waals surface area contributed by atoms with E-state index in [4.69, 9.17) is 9.47 Å². The second-order valence-electron chi connectivity index (χ2n) is 24.8. The lowest BCUT2D eigenvalue weighted by Gasteiger charge is -2.58. The molecule has 0 heterocycles. The molecule has 1 N–H and O–H groups in total. The molecule has 8 unspecified atom stereocenters.